The summed E-state index contributed by atoms with van der Waals surface area (Å²) in [5, 5.41) is 5.62. The Labute approximate surface area is 243 Å². The third-order valence-electron chi connectivity index (χ3n) is 7.72. The van der Waals surface area contributed by atoms with E-state index in [9.17, 15) is 22.4 Å². The van der Waals surface area contributed by atoms with Gasteiger partial charge in [0.25, 0.3) is 0 Å². The van der Waals surface area contributed by atoms with Crippen molar-refractivity contribution in [2.75, 3.05) is 43.9 Å². The number of urea groups is 1. The number of halogens is 5. The van der Waals surface area contributed by atoms with E-state index < -0.39 is 23.6 Å². The first-order chi connectivity index (χ1) is 20.0. The van der Waals surface area contributed by atoms with Gasteiger partial charge < -0.3 is 25.3 Å². The monoisotopic (exact) mass is 602 g/mol. The van der Waals surface area contributed by atoms with Gasteiger partial charge in [0.05, 0.1) is 21.7 Å². The van der Waals surface area contributed by atoms with Crippen LogP contribution in [0.15, 0.2) is 54.9 Å². The molecule has 2 aliphatic rings. The number of aromatic nitrogens is 2. The van der Waals surface area contributed by atoms with Crippen molar-refractivity contribution in [3.8, 4) is 11.5 Å². The number of benzene rings is 2. The van der Waals surface area contributed by atoms with Crippen molar-refractivity contribution >= 4 is 40.0 Å². The van der Waals surface area contributed by atoms with Gasteiger partial charge in [-0.3, -0.25) is 4.90 Å². The Morgan fingerprint density at radius 1 is 1.10 bits per heavy atom. The van der Waals surface area contributed by atoms with Gasteiger partial charge in [0.15, 0.2) is 0 Å². The maximum absolute atomic E-state index is 14.8. The summed E-state index contributed by atoms with van der Waals surface area (Å²) in [5.74, 6) is 0.634. The molecule has 2 atom stereocenters. The van der Waals surface area contributed by atoms with Gasteiger partial charge in [-0.1, -0.05) is 17.7 Å². The van der Waals surface area contributed by atoms with Crippen molar-refractivity contribution in [2.45, 2.75) is 12.7 Å². The van der Waals surface area contributed by atoms with Gasteiger partial charge in [0.1, 0.15) is 23.0 Å². The average molecular weight is 603 g/mol. The number of H-pyrrole nitrogens is 1. The number of likely N-dealkylation sites (tertiary alicyclic amines) is 2. The fourth-order valence-electron chi connectivity index (χ4n) is 5.90. The van der Waals surface area contributed by atoms with Crippen LogP contribution in [-0.4, -0.2) is 59.0 Å². The first-order valence-corrected chi connectivity index (χ1v) is 13.7. The Bertz CT molecular complexity index is 1630. The number of anilines is 2. The zero-order valence-corrected chi connectivity index (χ0v) is 23.2. The van der Waals surface area contributed by atoms with Crippen LogP contribution in [0.4, 0.5) is 33.7 Å². The molecule has 0 aliphatic carbocycles. The summed E-state index contributed by atoms with van der Waals surface area (Å²) in [6.07, 6.45) is -1.54. The van der Waals surface area contributed by atoms with Gasteiger partial charge in [0.2, 0.25) is 0 Å². The summed E-state index contributed by atoms with van der Waals surface area (Å²) in [6, 6.07) is 8.20. The SMILES string of the molecule is CN1CC2CN(Cc3ccc(NC(=O)Nc4ccc(Oc5ccnc6[nH]cc(Cl)c56)cc4F)cc3C(F)(F)F)C[C@@H]2C1. The van der Waals surface area contributed by atoms with E-state index in [1.807, 2.05) is 0 Å². The van der Waals surface area contributed by atoms with Crippen molar-refractivity contribution in [1.82, 2.24) is 19.8 Å². The normalized spacial score (nSPS) is 19.3. The number of hydrogen-bond acceptors (Lipinski definition) is 5. The van der Waals surface area contributed by atoms with Crippen LogP contribution in [0.3, 0.4) is 0 Å². The number of fused-ring (bicyclic) bond motifs is 2. The Hall–Kier alpha value is -3.87. The molecule has 2 aromatic heterocycles. The van der Waals surface area contributed by atoms with Crippen LogP contribution in [0.1, 0.15) is 11.1 Å². The summed E-state index contributed by atoms with van der Waals surface area (Å²) in [5.41, 5.74) is -0.405. The van der Waals surface area contributed by atoms with E-state index in [1.54, 1.807) is 12.3 Å². The molecule has 220 valence electrons. The van der Waals surface area contributed by atoms with Gasteiger partial charge in [0, 0.05) is 56.9 Å². The maximum Gasteiger partial charge on any atom is 0.416 e. The van der Waals surface area contributed by atoms with Crippen LogP contribution >= 0.6 is 11.6 Å². The number of carbonyl (C=O) groups excluding carboxylic acids is 1. The molecule has 0 radical (unpaired) electrons. The molecule has 0 bridgehead atoms. The molecule has 3 N–H and O–H groups in total. The molecule has 6 rings (SSSR count). The van der Waals surface area contributed by atoms with Gasteiger partial charge in [-0.2, -0.15) is 13.2 Å². The second kappa shape index (κ2) is 11.1. The third-order valence-corrected chi connectivity index (χ3v) is 8.01. The molecule has 4 aromatic rings. The smallest absolute Gasteiger partial charge is 0.416 e. The molecule has 42 heavy (non-hydrogen) atoms. The topological polar surface area (TPSA) is 85.5 Å². The molecule has 4 heterocycles. The van der Waals surface area contributed by atoms with Gasteiger partial charge in [-0.05, 0) is 54.8 Å². The second-order valence-corrected chi connectivity index (χ2v) is 11.2. The molecule has 2 saturated heterocycles. The molecule has 2 fully saturated rings. The lowest BCUT2D eigenvalue weighted by Crippen LogP contribution is -2.27. The first-order valence-electron chi connectivity index (χ1n) is 13.3. The molecule has 2 aliphatic heterocycles. The molecule has 0 saturated carbocycles. The highest BCUT2D eigenvalue weighted by Crippen LogP contribution is 2.37. The van der Waals surface area contributed by atoms with Crippen LogP contribution in [0.25, 0.3) is 11.0 Å². The zero-order valence-electron chi connectivity index (χ0n) is 22.4. The number of rotatable bonds is 6. The fourth-order valence-corrected chi connectivity index (χ4v) is 6.13. The number of amides is 2. The summed E-state index contributed by atoms with van der Waals surface area (Å²) >= 11 is 6.18. The number of nitrogens with one attached hydrogen (secondary N) is 3. The largest absolute Gasteiger partial charge is 0.456 e. The minimum atomic E-state index is -4.60. The second-order valence-electron chi connectivity index (χ2n) is 10.8. The van der Waals surface area contributed by atoms with Gasteiger partial charge in [-0.15, -0.1) is 0 Å². The number of aromatic amines is 1. The lowest BCUT2D eigenvalue weighted by Gasteiger charge is -2.22. The highest BCUT2D eigenvalue weighted by atomic mass is 35.5. The third kappa shape index (κ3) is 5.87. The molecular weight excluding hydrogens is 576 g/mol. The van der Waals surface area contributed by atoms with Crippen molar-refractivity contribution in [2.24, 2.45) is 11.8 Å². The van der Waals surface area contributed by atoms with Crippen molar-refractivity contribution in [3.63, 3.8) is 0 Å². The lowest BCUT2D eigenvalue weighted by molar-refractivity contribution is -0.138. The van der Waals surface area contributed by atoms with E-state index in [2.05, 4.69) is 37.4 Å². The summed E-state index contributed by atoms with van der Waals surface area (Å²) in [7, 11) is 2.06. The average Bonchev–Trinajstić information content (AvgIpc) is 3.59. The molecule has 8 nitrogen and oxygen atoms in total. The van der Waals surface area contributed by atoms with Gasteiger partial charge >= 0.3 is 12.2 Å². The van der Waals surface area contributed by atoms with Crippen LogP contribution in [0, 0.1) is 17.7 Å². The highest BCUT2D eigenvalue weighted by Gasteiger charge is 2.40. The molecule has 2 amide bonds. The minimum absolute atomic E-state index is 0.0612. The summed E-state index contributed by atoms with van der Waals surface area (Å²) < 4.78 is 62.5. The van der Waals surface area contributed by atoms with Crippen LogP contribution in [0.2, 0.25) is 5.02 Å². The van der Waals surface area contributed by atoms with Crippen molar-refractivity contribution < 1.29 is 27.1 Å². The Balaban J connectivity index is 1.11. The molecule has 13 heteroatoms. The summed E-state index contributed by atoms with van der Waals surface area (Å²) in [6.45, 7) is 3.61. The van der Waals surface area contributed by atoms with E-state index in [0.29, 0.717) is 33.6 Å². The quantitative estimate of drug-likeness (QED) is 0.211. The lowest BCUT2D eigenvalue weighted by atomic mass is 10.0. The number of hydrogen-bond donors (Lipinski definition) is 3. The van der Waals surface area contributed by atoms with E-state index >= 15 is 0 Å². The number of ether oxygens (including phenoxy) is 1. The van der Waals surface area contributed by atoms with E-state index in [-0.39, 0.29) is 29.2 Å². The zero-order chi connectivity index (χ0) is 29.6. The molecule has 1 unspecified atom stereocenters. The van der Waals surface area contributed by atoms with E-state index in [0.717, 1.165) is 38.3 Å². The van der Waals surface area contributed by atoms with E-state index in [4.69, 9.17) is 16.3 Å². The Morgan fingerprint density at radius 3 is 2.57 bits per heavy atom. The highest BCUT2D eigenvalue weighted by molar-refractivity contribution is 6.36. The predicted octanol–water partition coefficient (Wildman–Crippen LogP) is 6.80. The number of alkyl halides is 3. The Kier molecular flexibility index (Phi) is 7.46. The summed E-state index contributed by atoms with van der Waals surface area (Å²) in [4.78, 5) is 24.0. The number of nitrogens with zero attached hydrogens (tertiary/aromatic N) is 3. The Morgan fingerprint density at radius 2 is 1.86 bits per heavy atom. The number of pyridine rings is 1. The fraction of sp³-hybridized carbons (Fsp3) is 0.310. The van der Waals surface area contributed by atoms with Crippen LogP contribution < -0.4 is 15.4 Å². The minimum Gasteiger partial charge on any atom is -0.456 e. The van der Waals surface area contributed by atoms with Crippen molar-refractivity contribution in [1.29, 1.82) is 0 Å². The van der Waals surface area contributed by atoms with E-state index in [1.165, 1.54) is 30.5 Å². The molecule has 0 spiro atoms. The standard InChI is InChI=1S/C29H27ClF4N6O2/c1-39-11-17-14-40(15-18(17)12-39)13-16-2-3-19(8-21(16)29(32,33)34)37-28(41)38-24-5-4-20(9-23(24)31)42-25-6-7-35-27-26(25)22(30)10-36-27/h2-10,17-18H,11-15H2,1H3,(H,35,36)(H2,37,38,41)/t17-,18?/m0/s1. The van der Waals surface area contributed by atoms with Crippen molar-refractivity contribution in [3.05, 3.63) is 76.8 Å². The molecular formula is C29H27ClF4N6O2. The van der Waals surface area contributed by atoms with Gasteiger partial charge in [-0.25, -0.2) is 14.2 Å². The molecule has 2 aromatic carbocycles. The van der Waals surface area contributed by atoms with Crippen LogP contribution in [0.5, 0.6) is 11.5 Å². The number of carbonyl (C=O) groups is 1. The first kappa shape index (κ1) is 28.3. The predicted molar refractivity (Wildman–Crippen MR) is 151 cm³/mol. The van der Waals surface area contributed by atoms with Crippen LogP contribution in [-0.2, 0) is 12.7 Å². The maximum atomic E-state index is 14.8.